The van der Waals surface area contributed by atoms with E-state index < -0.39 is 6.23 Å². The molecule has 1 fully saturated rings. The molecule has 35 heavy (non-hydrogen) atoms. The Kier molecular flexibility index (Phi) is 5.06. The number of carbonyl (C=O) groups is 2. The SMILES string of the molecule is CC1=C(C)C(OC=C2C(=O)NC3c4ccccc4CC23)N(c2ccc(-c3ccccc3)cc2)C1=O. The standard InChI is InChI=1S/C30H26N2O3/c1-18-19(2)30(32(29(18)34)23-14-12-21(13-15-23)20-8-4-3-5-9-20)35-17-26-25-16-22-10-6-7-11-24(22)27(25)31-28(26)33/h3-15,17,25,27,30H,16H2,1-2H3,(H,31,33). The third kappa shape index (κ3) is 3.46. The molecule has 0 bridgehead atoms. The van der Waals surface area contributed by atoms with Crippen molar-refractivity contribution in [2.24, 2.45) is 5.92 Å². The summed E-state index contributed by atoms with van der Waals surface area (Å²) in [4.78, 5) is 27.6. The van der Waals surface area contributed by atoms with E-state index in [1.54, 1.807) is 11.2 Å². The van der Waals surface area contributed by atoms with Gasteiger partial charge in [0.05, 0.1) is 17.9 Å². The first-order valence-corrected chi connectivity index (χ1v) is 11.9. The van der Waals surface area contributed by atoms with Crippen molar-refractivity contribution in [3.8, 4) is 11.1 Å². The lowest BCUT2D eigenvalue weighted by atomic mass is 9.97. The zero-order valence-corrected chi connectivity index (χ0v) is 19.7. The van der Waals surface area contributed by atoms with Crippen LogP contribution < -0.4 is 10.2 Å². The van der Waals surface area contributed by atoms with Gasteiger partial charge in [-0.25, -0.2) is 0 Å². The van der Waals surface area contributed by atoms with E-state index in [0.717, 1.165) is 28.8 Å². The van der Waals surface area contributed by atoms with Gasteiger partial charge < -0.3 is 10.1 Å². The van der Waals surface area contributed by atoms with E-state index in [4.69, 9.17) is 4.74 Å². The first-order chi connectivity index (χ1) is 17.0. The van der Waals surface area contributed by atoms with Crippen LogP contribution in [0.2, 0.25) is 0 Å². The molecule has 5 nitrogen and oxygen atoms in total. The molecule has 1 N–H and O–H groups in total. The molecule has 174 valence electrons. The van der Waals surface area contributed by atoms with E-state index in [0.29, 0.717) is 11.1 Å². The number of anilines is 1. The van der Waals surface area contributed by atoms with Crippen LogP contribution in [0.3, 0.4) is 0 Å². The number of benzene rings is 3. The largest absolute Gasteiger partial charge is 0.473 e. The summed E-state index contributed by atoms with van der Waals surface area (Å²) in [6.07, 6.45) is 1.79. The lowest BCUT2D eigenvalue weighted by Gasteiger charge is -2.26. The predicted molar refractivity (Wildman–Crippen MR) is 135 cm³/mol. The average molecular weight is 463 g/mol. The smallest absolute Gasteiger partial charge is 0.257 e. The number of hydrogen-bond acceptors (Lipinski definition) is 3. The van der Waals surface area contributed by atoms with E-state index in [1.807, 2.05) is 68.4 Å². The number of amides is 2. The molecular formula is C30H26N2O3. The quantitative estimate of drug-likeness (QED) is 0.422. The average Bonchev–Trinajstić information content (AvgIpc) is 3.47. The Morgan fingerprint density at radius 3 is 2.34 bits per heavy atom. The number of fused-ring (bicyclic) bond motifs is 3. The summed E-state index contributed by atoms with van der Waals surface area (Å²) in [5.41, 5.74) is 7.55. The molecule has 2 amide bonds. The minimum Gasteiger partial charge on any atom is -0.473 e. The first kappa shape index (κ1) is 21.4. The molecule has 0 saturated carbocycles. The van der Waals surface area contributed by atoms with Crippen LogP contribution in [0.1, 0.15) is 31.0 Å². The lowest BCUT2D eigenvalue weighted by molar-refractivity contribution is -0.116. The van der Waals surface area contributed by atoms with Crippen molar-refractivity contribution in [2.45, 2.75) is 32.5 Å². The second-order valence-corrected chi connectivity index (χ2v) is 9.42. The normalized spacial score (nSPS) is 24.1. The first-order valence-electron chi connectivity index (χ1n) is 11.9. The summed E-state index contributed by atoms with van der Waals surface area (Å²) in [5, 5.41) is 3.11. The van der Waals surface area contributed by atoms with Crippen LogP contribution in [0, 0.1) is 5.92 Å². The minimum atomic E-state index is -0.590. The van der Waals surface area contributed by atoms with E-state index in [1.165, 1.54) is 11.1 Å². The predicted octanol–water partition coefficient (Wildman–Crippen LogP) is 5.31. The monoisotopic (exact) mass is 462 g/mol. The van der Waals surface area contributed by atoms with Gasteiger partial charge in [0.15, 0.2) is 0 Å². The number of rotatable bonds is 4. The van der Waals surface area contributed by atoms with Crippen molar-refractivity contribution >= 4 is 17.5 Å². The molecule has 5 heteroatoms. The fourth-order valence-corrected chi connectivity index (χ4v) is 5.43. The topological polar surface area (TPSA) is 58.6 Å². The molecule has 3 aliphatic rings. The number of nitrogens with zero attached hydrogens (tertiary/aromatic N) is 1. The number of carbonyl (C=O) groups excluding carboxylic acids is 2. The molecule has 1 saturated heterocycles. The van der Waals surface area contributed by atoms with Gasteiger partial charge in [-0.2, -0.15) is 0 Å². The second-order valence-electron chi connectivity index (χ2n) is 9.42. The third-order valence-corrected chi connectivity index (χ3v) is 7.49. The number of hydrogen-bond donors (Lipinski definition) is 1. The number of nitrogens with one attached hydrogen (secondary N) is 1. The van der Waals surface area contributed by atoms with Gasteiger partial charge in [-0.3, -0.25) is 14.5 Å². The fourth-order valence-electron chi connectivity index (χ4n) is 5.43. The van der Waals surface area contributed by atoms with Gasteiger partial charge >= 0.3 is 0 Å². The van der Waals surface area contributed by atoms with Crippen molar-refractivity contribution in [3.63, 3.8) is 0 Å². The lowest BCUT2D eigenvalue weighted by Crippen LogP contribution is -2.36. The maximum Gasteiger partial charge on any atom is 0.257 e. The molecule has 0 radical (unpaired) electrons. The molecule has 2 aliphatic heterocycles. The second kappa shape index (κ2) is 8.27. The Morgan fingerprint density at radius 2 is 1.57 bits per heavy atom. The highest BCUT2D eigenvalue weighted by molar-refractivity contribution is 6.09. The van der Waals surface area contributed by atoms with Gasteiger partial charge in [0.2, 0.25) is 6.23 Å². The van der Waals surface area contributed by atoms with Crippen LogP contribution in [0.5, 0.6) is 0 Å². The maximum atomic E-state index is 13.2. The molecule has 0 aromatic heterocycles. The molecule has 0 spiro atoms. The van der Waals surface area contributed by atoms with Crippen molar-refractivity contribution in [2.75, 3.05) is 4.90 Å². The van der Waals surface area contributed by atoms with E-state index in [9.17, 15) is 9.59 Å². The van der Waals surface area contributed by atoms with Crippen molar-refractivity contribution in [1.82, 2.24) is 5.32 Å². The maximum absolute atomic E-state index is 13.2. The molecule has 1 aliphatic carbocycles. The molecule has 6 rings (SSSR count). The summed E-state index contributed by atoms with van der Waals surface area (Å²) in [7, 11) is 0. The third-order valence-electron chi connectivity index (χ3n) is 7.49. The van der Waals surface area contributed by atoms with Crippen LogP contribution in [0.25, 0.3) is 11.1 Å². The molecule has 3 aromatic rings. The van der Waals surface area contributed by atoms with Crippen molar-refractivity contribution in [1.29, 1.82) is 0 Å². The van der Waals surface area contributed by atoms with Crippen LogP contribution in [0.4, 0.5) is 5.69 Å². The summed E-state index contributed by atoms with van der Waals surface area (Å²) in [5.74, 6) is -0.141. The van der Waals surface area contributed by atoms with Crippen LogP contribution in [0.15, 0.2) is 102 Å². The van der Waals surface area contributed by atoms with E-state index in [-0.39, 0.29) is 23.8 Å². The van der Waals surface area contributed by atoms with E-state index >= 15 is 0 Å². The minimum absolute atomic E-state index is 0.0150. The molecule has 2 heterocycles. The van der Waals surface area contributed by atoms with Crippen molar-refractivity contribution in [3.05, 3.63) is 113 Å². The molecule has 3 unspecified atom stereocenters. The Labute approximate surface area is 204 Å². The Morgan fingerprint density at radius 1 is 0.886 bits per heavy atom. The summed E-state index contributed by atoms with van der Waals surface area (Å²) in [6.45, 7) is 3.74. The van der Waals surface area contributed by atoms with Gasteiger partial charge in [-0.15, -0.1) is 0 Å². The van der Waals surface area contributed by atoms with Gasteiger partial charge in [0.25, 0.3) is 11.8 Å². The fraction of sp³-hybridized carbons (Fsp3) is 0.200. The van der Waals surface area contributed by atoms with Gasteiger partial charge in [-0.05, 0) is 60.2 Å². The molecular weight excluding hydrogens is 436 g/mol. The zero-order valence-electron chi connectivity index (χ0n) is 19.7. The number of ether oxygens (including phenoxy) is 1. The zero-order chi connectivity index (χ0) is 24.1. The highest BCUT2D eigenvalue weighted by Crippen LogP contribution is 2.44. The van der Waals surface area contributed by atoms with E-state index in [2.05, 4.69) is 29.6 Å². The Balaban J connectivity index is 1.27. The van der Waals surface area contributed by atoms with Crippen LogP contribution in [-0.4, -0.2) is 18.0 Å². The summed E-state index contributed by atoms with van der Waals surface area (Å²) >= 11 is 0. The Hall–Kier alpha value is -4.12. The van der Waals surface area contributed by atoms with Gasteiger partial charge in [-0.1, -0.05) is 66.7 Å². The van der Waals surface area contributed by atoms with Gasteiger partial charge in [0, 0.05) is 17.2 Å². The summed E-state index contributed by atoms with van der Waals surface area (Å²) in [6, 6.07) is 26.3. The molecule has 3 aromatic carbocycles. The van der Waals surface area contributed by atoms with Gasteiger partial charge in [0.1, 0.15) is 0 Å². The Bertz CT molecular complexity index is 1390. The van der Waals surface area contributed by atoms with Crippen LogP contribution >= 0.6 is 0 Å². The van der Waals surface area contributed by atoms with Crippen LogP contribution in [-0.2, 0) is 20.7 Å². The molecule has 3 atom stereocenters. The highest BCUT2D eigenvalue weighted by Gasteiger charge is 2.44. The summed E-state index contributed by atoms with van der Waals surface area (Å²) < 4.78 is 6.22. The highest BCUT2D eigenvalue weighted by atomic mass is 16.5. The van der Waals surface area contributed by atoms with Crippen molar-refractivity contribution < 1.29 is 14.3 Å².